The van der Waals surface area contributed by atoms with Gasteiger partial charge >= 0.3 is 0 Å². The van der Waals surface area contributed by atoms with Crippen LogP contribution in [0.4, 0.5) is 0 Å². The molecule has 38 heavy (non-hydrogen) atoms. The van der Waals surface area contributed by atoms with Gasteiger partial charge < -0.3 is 20.2 Å². The van der Waals surface area contributed by atoms with Gasteiger partial charge in [-0.3, -0.25) is 14.4 Å². The van der Waals surface area contributed by atoms with Crippen LogP contribution in [0.5, 0.6) is 0 Å². The van der Waals surface area contributed by atoms with Crippen LogP contribution in [0.2, 0.25) is 0 Å². The topological polar surface area (TPSA) is 121 Å². The van der Waals surface area contributed by atoms with Crippen molar-refractivity contribution in [3.05, 3.63) is 47.3 Å². The Morgan fingerprint density at radius 1 is 1.13 bits per heavy atom. The number of nitrogens with one attached hydrogen (secondary N) is 1. The molecule has 204 valence electrons. The summed E-state index contributed by atoms with van der Waals surface area (Å²) in [5.41, 5.74) is 2.79. The number of aliphatic hydroxyl groups excluding tert-OH is 1. The van der Waals surface area contributed by atoms with Crippen LogP contribution < -0.4 is 5.32 Å². The van der Waals surface area contributed by atoms with Crippen molar-refractivity contribution < 1.29 is 19.5 Å². The van der Waals surface area contributed by atoms with Gasteiger partial charge in [0, 0.05) is 51.1 Å². The summed E-state index contributed by atoms with van der Waals surface area (Å²) in [6.45, 7) is 7.57. The quantitative estimate of drug-likeness (QED) is 0.513. The van der Waals surface area contributed by atoms with Crippen LogP contribution in [0.1, 0.15) is 81.7 Å². The summed E-state index contributed by atoms with van der Waals surface area (Å²) in [6, 6.07) is 6.65. The first-order valence-electron chi connectivity index (χ1n) is 13.6. The Bertz CT molecular complexity index is 1170. The minimum absolute atomic E-state index is 0.0648. The lowest BCUT2D eigenvalue weighted by Crippen LogP contribution is -2.50. The number of nitrogens with zero attached hydrogens (tertiary/aromatic N) is 5. The molecular formula is C28H38N6O4. The minimum atomic E-state index is -0.772. The number of hydrogen-bond acceptors (Lipinski definition) is 6. The van der Waals surface area contributed by atoms with Crippen molar-refractivity contribution in [2.24, 2.45) is 5.41 Å². The van der Waals surface area contributed by atoms with Gasteiger partial charge in [0.05, 0.1) is 11.8 Å². The number of hydrogen-bond donors (Lipinski definition) is 2. The fourth-order valence-corrected chi connectivity index (χ4v) is 5.56. The zero-order valence-corrected chi connectivity index (χ0v) is 22.5. The lowest BCUT2D eigenvalue weighted by Gasteiger charge is -2.34. The van der Waals surface area contributed by atoms with Gasteiger partial charge in [0.1, 0.15) is 12.1 Å². The van der Waals surface area contributed by atoms with Crippen molar-refractivity contribution in [1.29, 1.82) is 0 Å². The zero-order valence-electron chi connectivity index (χ0n) is 22.5. The molecule has 3 atom stereocenters. The molecule has 1 aromatic heterocycles. The van der Waals surface area contributed by atoms with Gasteiger partial charge in [0.25, 0.3) is 0 Å². The van der Waals surface area contributed by atoms with Crippen LogP contribution in [0.25, 0.3) is 0 Å². The summed E-state index contributed by atoms with van der Waals surface area (Å²) in [5, 5.41) is 21.8. The molecule has 10 nitrogen and oxygen atoms in total. The van der Waals surface area contributed by atoms with Crippen LogP contribution >= 0.6 is 0 Å². The van der Waals surface area contributed by atoms with Gasteiger partial charge in [-0.1, -0.05) is 50.3 Å². The van der Waals surface area contributed by atoms with E-state index in [2.05, 4.69) is 15.6 Å². The predicted molar refractivity (Wildman–Crippen MR) is 140 cm³/mol. The molecule has 2 N–H and O–H groups in total. The monoisotopic (exact) mass is 522 g/mol. The van der Waals surface area contributed by atoms with Gasteiger partial charge in [0.15, 0.2) is 0 Å². The van der Waals surface area contributed by atoms with E-state index >= 15 is 0 Å². The molecule has 2 fully saturated rings. The highest BCUT2D eigenvalue weighted by Gasteiger charge is 2.45. The molecule has 0 radical (unpaired) electrons. The second-order valence-corrected chi connectivity index (χ2v) is 12.0. The van der Waals surface area contributed by atoms with Gasteiger partial charge in [0.2, 0.25) is 17.7 Å². The normalized spacial score (nSPS) is 21.9. The number of aromatic nitrogens is 3. The van der Waals surface area contributed by atoms with Crippen molar-refractivity contribution in [3.8, 4) is 0 Å². The SMILES string of the molecule is CC(C)(C)[C@@H](C(=O)N1C[C@H](O)C[C@H]1C(=O)NCCCC(=O)N1Cc2ccccc2C1)n1cc(C2CC2)nn1. The van der Waals surface area contributed by atoms with Crippen LogP contribution in [0.3, 0.4) is 0 Å². The average molecular weight is 523 g/mol. The Balaban J connectivity index is 1.16. The first-order valence-corrected chi connectivity index (χ1v) is 13.6. The van der Waals surface area contributed by atoms with Crippen molar-refractivity contribution in [2.75, 3.05) is 13.1 Å². The van der Waals surface area contributed by atoms with Crippen LogP contribution in [-0.4, -0.2) is 72.9 Å². The van der Waals surface area contributed by atoms with E-state index in [1.165, 1.54) is 16.0 Å². The summed E-state index contributed by atoms with van der Waals surface area (Å²) in [4.78, 5) is 42.9. The molecule has 3 amide bonds. The molecule has 2 aromatic rings. The third-order valence-electron chi connectivity index (χ3n) is 7.77. The van der Waals surface area contributed by atoms with E-state index in [0.29, 0.717) is 38.4 Å². The van der Waals surface area contributed by atoms with E-state index in [0.717, 1.165) is 18.5 Å². The molecule has 0 unspecified atom stereocenters. The maximum Gasteiger partial charge on any atom is 0.248 e. The number of rotatable bonds is 8. The smallest absolute Gasteiger partial charge is 0.248 e. The number of amides is 3. The Morgan fingerprint density at radius 2 is 1.82 bits per heavy atom. The van der Waals surface area contributed by atoms with Crippen molar-refractivity contribution in [2.45, 2.75) is 90.1 Å². The molecule has 1 saturated heterocycles. The van der Waals surface area contributed by atoms with E-state index in [4.69, 9.17) is 0 Å². The minimum Gasteiger partial charge on any atom is -0.391 e. The van der Waals surface area contributed by atoms with Gasteiger partial charge in [-0.15, -0.1) is 5.10 Å². The molecule has 1 aromatic carbocycles. The number of β-amino-alcohol motifs (C(OH)–C–C–N with tert-alkyl or cyclic N) is 1. The number of likely N-dealkylation sites (tertiary alicyclic amines) is 1. The molecule has 1 saturated carbocycles. The Morgan fingerprint density at radius 3 is 2.45 bits per heavy atom. The van der Waals surface area contributed by atoms with Gasteiger partial charge in [-0.05, 0) is 35.8 Å². The molecule has 0 spiro atoms. The van der Waals surface area contributed by atoms with Crippen molar-refractivity contribution >= 4 is 17.7 Å². The average Bonchev–Trinajstić information content (AvgIpc) is 3.26. The number of carbonyl (C=O) groups excluding carboxylic acids is 3. The fraction of sp³-hybridized carbons (Fsp3) is 0.607. The van der Waals surface area contributed by atoms with E-state index in [1.54, 1.807) is 4.68 Å². The van der Waals surface area contributed by atoms with E-state index in [9.17, 15) is 19.5 Å². The molecule has 1 aliphatic carbocycles. The van der Waals surface area contributed by atoms with Gasteiger partial charge in [-0.25, -0.2) is 4.68 Å². The van der Waals surface area contributed by atoms with E-state index in [-0.39, 0.29) is 30.7 Å². The Hall–Kier alpha value is -3.27. The highest BCUT2D eigenvalue weighted by molar-refractivity contribution is 5.90. The second-order valence-electron chi connectivity index (χ2n) is 12.0. The Labute approximate surface area is 223 Å². The van der Waals surface area contributed by atoms with E-state index < -0.39 is 23.6 Å². The van der Waals surface area contributed by atoms with Crippen LogP contribution in [-0.2, 0) is 27.5 Å². The van der Waals surface area contributed by atoms with E-state index in [1.807, 2.05) is 56.1 Å². The lowest BCUT2D eigenvalue weighted by atomic mass is 9.85. The summed E-state index contributed by atoms with van der Waals surface area (Å²) >= 11 is 0. The molecule has 3 aliphatic rings. The maximum atomic E-state index is 13.8. The highest BCUT2D eigenvalue weighted by Crippen LogP contribution is 2.40. The third-order valence-corrected chi connectivity index (χ3v) is 7.77. The third kappa shape index (κ3) is 5.60. The molecule has 2 aliphatic heterocycles. The Kier molecular flexibility index (Phi) is 7.26. The van der Waals surface area contributed by atoms with Crippen LogP contribution in [0.15, 0.2) is 30.5 Å². The molecule has 10 heteroatoms. The number of fused-ring (bicyclic) bond motifs is 1. The largest absolute Gasteiger partial charge is 0.391 e. The standard InChI is InChI=1S/C28H38N6O4/c1-28(2,3)25(34-17-22(30-31-34)18-10-11-18)27(38)33-16-21(35)13-23(33)26(37)29-12-6-9-24(36)32-14-19-7-4-5-8-20(19)15-32/h4-5,7-8,17-18,21,23,25,35H,6,9-16H2,1-3H3,(H,29,37)/t21-,23+,25-/m1/s1. The molecular weight excluding hydrogens is 484 g/mol. The number of carbonyl (C=O) groups is 3. The second kappa shape index (κ2) is 10.5. The molecule has 0 bridgehead atoms. The molecule has 5 rings (SSSR count). The van der Waals surface area contributed by atoms with Crippen LogP contribution in [0, 0.1) is 5.41 Å². The van der Waals surface area contributed by atoms with Crippen molar-refractivity contribution in [1.82, 2.24) is 30.1 Å². The number of benzene rings is 1. The first-order chi connectivity index (χ1) is 18.1. The predicted octanol–water partition coefficient (Wildman–Crippen LogP) is 2.14. The summed E-state index contributed by atoms with van der Waals surface area (Å²) in [5.74, 6) is -0.0692. The summed E-state index contributed by atoms with van der Waals surface area (Å²) in [6.07, 6.45) is 4.29. The highest BCUT2D eigenvalue weighted by atomic mass is 16.3. The number of aliphatic hydroxyl groups is 1. The van der Waals surface area contributed by atoms with Gasteiger partial charge in [-0.2, -0.15) is 0 Å². The van der Waals surface area contributed by atoms with Crippen molar-refractivity contribution in [3.63, 3.8) is 0 Å². The zero-order chi connectivity index (χ0) is 27.0. The maximum absolute atomic E-state index is 13.8. The lowest BCUT2D eigenvalue weighted by molar-refractivity contribution is -0.144. The summed E-state index contributed by atoms with van der Waals surface area (Å²) < 4.78 is 1.62. The molecule has 3 heterocycles. The fourth-order valence-electron chi connectivity index (χ4n) is 5.56. The first kappa shape index (κ1) is 26.3. The summed E-state index contributed by atoms with van der Waals surface area (Å²) in [7, 11) is 0.